The molecule has 1 saturated carbocycles. The van der Waals surface area contributed by atoms with Gasteiger partial charge in [-0.3, -0.25) is 0 Å². The number of rotatable bonds is 4. The van der Waals surface area contributed by atoms with Crippen LogP contribution >= 0.6 is 23.2 Å². The highest BCUT2D eigenvalue weighted by Gasteiger charge is 2.19. The number of carbonyl (C=O) groups is 1. The molecule has 1 fully saturated rings. The summed E-state index contributed by atoms with van der Waals surface area (Å²) in [6.45, 7) is 0.834. The highest BCUT2D eigenvalue weighted by Crippen LogP contribution is 2.30. The molecule has 0 spiro atoms. The van der Waals surface area contributed by atoms with Crippen molar-refractivity contribution in [3.8, 4) is 0 Å². The number of halogens is 2. The van der Waals surface area contributed by atoms with Gasteiger partial charge in [-0.05, 0) is 18.8 Å². The summed E-state index contributed by atoms with van der Waals surface area (Å²) in [6, 6.07) is 1.64. The van der Waals surface area contributed by atoms with Gasteiger partial charge in [0.05, 0.1) is 17.8 Å². The standard InChI is InChI=1S/C14H18Cl2N2O2/c1-20-14(19)13-12(16)10(7-11(15)18-13)17-8-9-5-3-2-4-6-9/h7,9H,2-6,8H2,1H3,(H,17,18). The van der Waals surface area contributed by atoms with E-state index in [-0.39, 0.29) is 15.9 Å². The zero-order valence-corrected chi connectivity index (χ0v) is 12.9. The highest BCUT2D eigenvalue weighted by atomic mass is 35.5. The summed E-state index contributed by atoms with van der Waals surface area (Å²) >= 11 is 12.1. The van der Waals surface area contributed by atoms with Gasteiger partial charge in [-0.15, -0.1) is 0 Å². The topological polar surface area (TPSA) is 51.2 Å². The fraction of sp³-hybridized carbons (Fsp3) is 0.571. The van der Waals surface area contributed by atoms with Gasteiger partial charge in [0.15, 0.2) is 5.69 Å². The highest BCUT2D eigenvalue weighted by molar-refractivity contribution is 6.37. The molecule has 110 valence electrons. The van der Waals surface area contributed by atoms with Gasteiger partial charge in [0.1, 0.15) is 5.15 Å². The normalized spacial score (nSPS) is 15.9. The van der Waals surface area contributed by atoms with Gasteiger partial charge in [0.2, 0.25) is 0 Å². The van der Waals surface area contributed by atoms with Crippen molar-refractivity contribution in [1.29, 1.82) is 0 Å². The van der Waals surface area contributed by atoms with Gasteiger partial charge in [0.25, 0.3) is 0 Å². The van der Waals surface area contributed by atoms with Crippen molar-refractivity contribution in [3.05, 3.63) is 21.9 Å². The lowest BCUT2D eigenvalue weighted by Crippen LogP contribution is -2.18. The van der Waals surface area contributed by atoms with E-state index in [4.69, 9.17) is 23.2 Å². The van der Waals surface area contributed by atoms with Crippen LogP contribution in [-0.2, 0) is 4.74 Å². The van der Waals surface area contributed by atoms with E-state index in [1.165, 1.54) is 39.2 Å². The second kappa shape index (κ2) is 7.14. The van der Waals surface area contributed by atoms with Crippen molar-refractivity contribution in [2.45, 2.75) is 32.1 Å². The number of aromatic nitrogens is 1. The first-order valence-electron chi connectivity index (χ1n) is 6.80. The Hall–Kier alpha value is -1.00. The largest absolute Gasteiger partial charge is 0.464 e. The molecule has 0 bridgehead atoms. The summed E-state index contributed by atoms with van der Waals surface area (Å²) < 4.78 is 4.65. The molecule has 0 amide bonds. The number of carbonyl (C=O) groups excluding carboxylic acids is 1. The van der Waals surface area contributed by atoms with Crippen LogP contribution in [0.1, 0.15) is 42.6 Å². The fourth-order valence-corrected chi connectivity index (χ4v) is 2.94. The Labute approximate surface area is 128 Å². The second-order valence-electron chi connectivity index (χ2n) is 5.03. The summed E-state index contributed by atoms with van der Waals surface area (Å²) in [5.74, 6) is 0.0616. The van der Waals surface area contributed by atoms with Crippen LogP contribution in [0.4, 0.5) is 5.69 Å². The minimum absolute atomic E-state index is 0.0489. The summed E-state index contributed by atoms with van der Waals surface area (Å²) in [4.78, 5) is 15.5. The number of nitrogens with zero attached hydrogens (tertiary/aromatic N) is 1. The molecule has 4 nitrogen and oxygen atoms in total. The quantitative estimate of drug-likeness (QED) is 0.669. The number of nitrogens with one attached hydrogen (secondary N) is 1. The molecule has 1 N–H and O–H groups in total. The number of methoxy groups -OCH3 is 1. The predicted molar refractivity (Wildman–Crippen MR) is 80.7 cm³/mol. The molecule has 0 aromatic carbocycles. The monoisotopic (exact) mass is 316 g/mol. The van der Waals surface area contributed by atoms with E-state index in [9.17, 15) is 4.79 Å². The zero-order chi connectivity index (χ0) is 14.5. The first-order chi connectivity index (χ1) is 9.61. The molecule has 0 saturated heterocycles. The van der Waals surface area contributed by atoms with Crippen molar-refractivity contribution in [2.75, 3.05) is 19.0 Å². The van der Waals surface area contributed by atoms with Crippen LogP contribution in [0.3, 0.4) is 0 Å². The van der Waals surface area contributed by atoms with Crippen LogP contribution < -0.4 is 5.32 Å². The average molecular weight is 317 g/mol. The van der Waals surface area contributed by atoms with Crippen molar-refractivity contribution < 1.29 is 9.53 Å². The van der Waals surface area contributed by atoms with Crippen molar-refractivity contribution in [2.24, 2.45) is 5.92 Å². The van der Waals surface area contributed by atoms with Crippen LogP contribution in [0.2, 0.25) is 10.2 Å². The molecular formula is C14H18Cl2N2O2. The summed E-state index contributed by atoms with van der Waals surface area (Å²) in [7, 11) is 1.29. The molecule has 6 heteroatoms. The van der Waals surface area contributed by atoms with Gasteiger partial charge in [-0.25, -0.2) is 9.78 Å². The van der Waals surface area contributed by atoms with Crippen LogP contribution in [0.5, 0.6) is 0 Å². The summed E-state index contributed by atoms with van der Waals surface area (Å²) in [5.41, 5.74) is 0.686. The van der Waals surface area contributed by atoms with Crippen LogP contribution in [0.15, 0.2) is 6.07 Å². The first kappa shape index (κ1) is 15.4. The SMILES string of the molecule is COC(=O)c1nc(Cl)cc(NCC2CCCCC2)c1Cl. The maximum Gasteiger partial charge on any atom is 0.358 e. The molecule has 0 radical (unpaired) electrons. The Morgan fingerprint density at radius 1 is 1.40 bits per heavy atom. The summed E-state index contributed by atoms with van der Waals surface area (Å²) in [6.07, 6.45) is 6.35. The molecule has 0 aliphatic heterocycles. The number of anilines is 1. The Bertz CT molecular complexity index is 488. The van der Waals surface area contributed by atoms with E-state index >= 15 is 0 Å². The minimum atomic E-state index is -0.585. The molecule has 2 rings (SSSR count). The maximum absolute atomic E-state index is 11.6. The maximum atomic E-state index is 11.6. The lowest BCUT2D eigenvalue weighted by atomic mass is 9.89. The van der Waals surface area contributed by atoms with Gasteiger partial charge in [-0.1, -0.05) is 42.5 Å². The minimum Gasteiger partial charge on any atom is -0.464 e. The molecule has 1 aromatic heterocycles. The van der Waals surface area contributed by atoms with Crippen molar-refractivity contribution >= 4 is 34.9 Å². The van der Waals surface area contributed by atoms with E-state index in [1.807, 2.05) is 0 Å². The fourth-order valence-electron chi connectivity index (χ4n) is 2.50. The van der Waals surface area contributed by atoms with Gasteiger partial charge in [-0.2, -0.15) is 0 Å². The van der Waals surface area contributed by atoms with Gasteiger partial charge >= 0.3 is 5.97 Å². The first-order valence-corrected chi connectivity index (χ1v) is 7.55. The van der Waals surface area contributed by atoms with Crippen LogP contribution in [0, 0.1) is 5.92 Å². The molecule has 1 heterocycles. The zero-order valence-electron chi connectivity index (χ0n) is 11.4. The predicted octanol–water partition coefficient (Wildman–Crippen LogP) is 4.17. The molecule has 0 atom stereocenters. The van der Waals surface area contributed by atoms with Crippen LogP contribution in [-0.4, -0.2) is 24.6 Å². The molecule has 1 aromatic rings. The Kier molecular flexibility index (Phi) is 5.49. The van der Waals surface area contributed by atoms with E-state index in [0.29, 0.717) is 11.6 Å². The van der Waals surface area contributed by atoms with E-state index < -0.39 is 5.97 Å². The molecule has 1 aliphatic rings. The third-order valence-corrected chi connectivity index (χ3v) is 4.19. The number of hydrogen-bond acceptors (Lipinski definition) is 4. The number of esters is 1. The lowest BCUT2D eigenvalue weighted by Gasteiger charge is -2.22. The number of hydrogen-bond donors (Lipinski definition) is 1. The lowest BCUT2D eigenvalue weighted by molar-refractivity contribution is 0.0594. The third kappa shape index (κ3) is 3.76. The van der Waals surface area contributed by atoms with E-state index in [0.717, 1.165) is 6.54 Å². The molecule has 20 heavy (non-hydrogen) atoms. The Balaban J connectivity index is 2.10. The smallest absolute Gasteiger partial charge is 0.358 e. The Morgan fingerprint density at radius 2 is 2.10 bits per heavy atom. The number of ether oxygens (including phenoxy) is 1. The van der Waals surface area contributed by atoms with E-state index in [2.05, 4.69) is 15.0 Å². The average Bonchev–Trinajstić information content (AvgIpc) is 2.48. The number of pyridine rings is 1. The van der Waals surface area contributed by atoms with Crippen molar-refractivity contribution in [1.82, 2.24) is 4.98 Å². The summed E-state index contributed by atoms with van der Waals surface area (Å²) in [5, 5.41) is 3.76. The van der Waals surface area contributed by atoms with Gasteiger partial charge in [0, 0.05) is 12.6 Å². The molecule has 0 unspecified atom stereocenters. The molecular weight excluding hydrogens is 299 g/mol. The second-order valence-corrected chi connectivity index (χ2v) is 5.80. The van der Waals surface area contributed by atoms with Crippen molar-refractivity contribution in [3.63, 3.8) is 0 Å². The third-order valence-electron chi connectivity index (χ3n) is 3.61. The van der Waals surface area contributed by atoms with Crippen LogP contribution in [0.25, 0.3) is 0 Å². The van der Waals surface area contributed by atoms with E-state index in [1.54, 1.807) is 6.07 Å². The van der Waals surface area contributed by atoms with Gasteiger partial charge < -0.3 is 10.1 Å². The molecule has 1 aliphatic carbocycles. The Morgan fingerprint density at radius 3 is 2.75 bits per heavy atom.